The molecule has 0 aliphatic carbocycles. The molecule has 6 N–H and O–H groups in total. The van der Waals surface area contributed by atoms with Gasteiger partial charge >= 0.3 is 0 Å². The summed E-state index contributed by atoms with van der Waals surface area (Å²) in [5.74, 6) is -0.909. The third kappa shape index (κ3) is 4.30. The predicted molar refractivity (Wildman–Crippen MR) is 96.0 cm³/mol. The molecule has 3 aromatic rings. The molecule has 13 nitrogen and oxygen atoms in total. The van der Waals surface area contributed by atoms with Gasteiger partial charge in [-0.2, -0.15) is 26.9 Å². The second-order valence-corrected chi connectivity index (χ2v) is 7.95. The van der Waals surface area contributed by atoms with Gasteiger partial charge in [0, 0.05) is 40.6 Å². The van der Waals surface area contributed by atoms with Crippen LogP contribution in [0, 0.1) is 0 Å². The van der Waals surface area contributed by atoms with E-state index in [2.05, 4.69) is 25.4 Å². The number of hydrogen-bond acceptors (Lipinski definition) is 10. The molecule has 0 saturated carbocycles. The molecular formula is C12H10N6NaO7S2. The number of azo groups is 1. The Balaban J connectivity index is 0.00000280. The molecule has 1 heterocycles. The van der Waals surface area contributed by atoms with E-state index in [9.17, 15) is 26.5 Å². The van der Waals surface area contributed by atoms with Gasteiger partial charge in [-0.25, -0.2) is 5.10 Å². The summed E-state index contributed by atoms with van der Waals surface area (Å²) in [5.41, 5.74) is 4.77. The summed E-state index contributed by atoms with van der Waals surface area (Å²) in [5, 5.41) is 23.0. The number of aromatic amines is 1. The fourth-order valence-electron chi connectivity index (χ4n) is 2.28. The largest absolute Gasteiger partial charge is 0.505 e. The van der Waals surface area contributed by atoms with E-state index in [0.717, 1.165) is 24.5 Å². The summed E-state index contributed by atoms with van der Waals surface area (Å²) in [6.45, 7) is 0. The fraction of sp³-hybridized carbons (Fsp3) is 0. The summed E-state index contributed by atoms with van der Waals surface area (Å²) in [6.07, 6.45) is 1.10. The number of nitrogens with one attached hydrogen (secondary N) is 1. The van der Waals surface area contributed by atoms with Crippen molar-refractivity contribution >= 4 is 77.9 Å². The zero-order chi connectivity index (χ0) is 20.0. The minimum absolute atomic E-state index is 0. The van der Waals surface area contributed by atoms with Gasteiger partial charge in [0.05, 0.1) is 4.90 Å². The molecule has 0 aliphatic heterocycles. The van der Waals surface area contributed by atoms with Gasteiger partial charge in [0.25, 0.3) is 26.2 Å². The number of H-pyrrole nitrogens is 1. The monoisotopic (exact) mass is 437 g/mol. The SMILES string of the molecule is Nc1cc(S(=O)(=O)O)cc2cc(S(=O)(=O)O)c(N=Nc3ncn[nH]3)c(O)c12.[Na]. The van der Waals surface area contributed by atoms with Crippen molar-refractivity contribution in [3.8, 4) is 5.75 Å². The van der Waals surface area contributed by atoms with Crippen molar-refractivity contribution in [1.29, 1.82) is 0 Å². The Morgan fingerprint density at radius 1 is 1.04 bits per heavy atom. The number of nitrogens with zero attached hydrogens (tertiary/aromatic N) is 4. The van der Waals surface area contributed by atoms with E-state index < -0.39 is 41.5 Å². The van der Waals surface area contributed by atoms with Gasteiger partial charge in [-0.15, -0.1) is 10.2 Å². The number of hydrogen-bond donors (Lipinski definition) is 5. The Hall–Kier alpha value is -2.14. The maximum absolute atomic E-state index is 11.7. The van der Waals surface area contributed by atoms with Crippen molar-refractivity contribution in [2.45, 2.75) is 9.79 Å². The zero-order valence-corrected chi connectivity index (χ0v) is 17.6. The molecule has 3 rings (SSSR count). The van der Waals surface area contributed by atoms with Gasteiger partial charge in [-0.1, -0.05) is 0 Å². The van der Waals surface area contributed by atoms with Crippen LogP contribution < -0.4 is 5.73 Å². The van der Waals surface area contributed by atoms with Crippen LogP contribution in [0.15, 0.2) is 44.5 Å². The molecule has 2 aromatic carbocycles. The van der Waals surface area contributed by atoms with E-state index in [1.165, 1.54) is 0 Å². The van der Waals surface area contributed by atoms with Crippen LogP contribution in [0.25, 0.3) is 10.8 Å². The van der Waals surface area contributed by atoms with Gasteiger partial charge in [0.15, 0.2) is 5.75 Å². The van der Waals surface area contributed by atoms with E-state index >= 15 is 0 Å². The third-order valence-electron chi connectivity index (χ3n) is 3.38. The van der Waals surface area contributed by atoms with E-state index in [0.29, 0.717) is 0 Å². The van der Waals surface area contributed by atoms with Crippen LogP contribution in [0.1, 0.15) is 0 Å². The second-order valence-electron chi connectivity index (χ2n) is 5.14. The third-order valence-corrected chi connectivity index (χ3v) is 5.08. The Bertz CT molecular complexity index is 1290. The normalized spacial score (nSPS) is 12.4. The van der Waals surface area contributed by atoms with Crippen molar-refractivity contribution in [3.63, 3.8) is 0 Å². The van der Waals surface area contributed by atoms with Crippen molar-refractivity contribution in [2.24, 2.45) is 10.2 Å². The number of nitrogens with two attached hydrogens (primary N) is 1. The van der Waals surface area contributed by atoms with Crippen molar-refractivity contribution in [3.05, 3.63) is 24.5 Å². The smallest absolute Gasteiger partial charge is 0.296 e. The van der Waals surface area contributed by atoms with Crippen LogP contribution in [0.5, 0.6) is 5.75 Å². The van der Waals surface area contributed by atoms with E-state index in [1.54, 1.807) is 0 Å². The molecular weight excluding hydrogens is 427 g/mol. The Kier molecular flexibility index (Phi) is 6.10. The molecule has 0 atom stereocenters. The number of aromatic hydroxyl groups is 1. The summed E-state index contributed by atoms with van der Waals surface area (Å²) in [4.78, 5) is 2.12. The number of phenols is 1. The van der Waals surface area contributed by atoms with Crippen LogP contribution in [0.4, 0.5) is 17.3 Å². The van der Waals surface area contributed by atoms with Crippen molar-refractivity contribution in [1.82, 2.24) is 15.2 Å². The van der Waals surface area contributed by atoms with Crippen LogP contribution in [0.3, 0.4) is 0 Å². The van der Waals surface area contributed by atoms with Gasteiger partial charge in [0.2, 0.25) is 0 Å². The average molecular weight is 437 g/mol. The number of aromatic nitrogens is 3. The molecule has 0 spiro atoms. The number of fused-ring (bicyclic) bond motifs is 1. The molecule has 1 aromatic heterocycles. The first-order chi connectivity index (χ1) is 12.5. The first kappa shape index (κ1) is 22.2. The Morgan fingerprint density at radius 3 is 2.25 bits per heavy atom. The molecule has 0 aliphatic rings. The first-order valence-electron chi connectivity index (χ1n) is 6.80. The maximum Gasteiger partial charge on any atom is 0.296 e. The van der Waals surface area contributed by atoms with Gasteiger partial charge in [-0.3, -0.25) is 9.11 Å². The minimum Gasteiger partial charge on any atom is -0.505 e. The van der Waals surface area contributed by atoms with E-state index in [-0.39, 0.29) is 52.0 Å². The molecule has 0 saturated heterocycles. The fourth-order valence-corrected chi connectivity index (χ4v) is 3.49. The van der Waals surface area contributed by atoms with Crippen LogP contribution in [0.2, 0.25) is 0 Å². The Labute approximate surface area is 179 Å². The van der Waals surface area contributed by atoms with Gasteiger partial charge in [-0.05, 0) is 23.6 Å². The molecule has 1 radical (unpaired) electrons. The average Bonchev–Trinajstić information content (AvgIpc) is 3.04. The van der Waals surface area contributed by atoms with Crippen LogP contribution in [-0.4, -0.2) is 75.8 Å². The van der Waals surface area contributed by atoms with E-state index in [1.807, 2.05) is 0 Å². The molecule has 0 bridgehead atoms. The van der Waals surface area contributed by atoms with Gasteiger partial charge in [0.1, 0.15) is 16.9 Å². The number of phenolic OH excluding ortho intramolecular Hbond substituents is 1. The molecule has 16 heteroatoms. The first-order valence-corrected chi connectivity index (χ1v) is 9.68. The molecule has 28 heavy (non-hydrogen) atoms. The summed E-state index contributed by atoms with van der Waals surface area (Å²) in [6, 6.07) is 2.55. The molecule has 0 fully saturated rings. The summed E-state index contributed by atoms with van der Waals surface area (Å²) >= 11 is 0. The number of rotatable bonds is 4. The van der Waals surface area contributed by atoms with Crippen LogP contribution >= 0.6 is 0 Å². The molecule has 0 amide bonds. The number of anilines is 1. The predicted octanol–water partition coefficient (Wildman–Crippen LogP) is 0.774. The van der Waals surface area contributed by atoms with Crippen molar-refractivity contribution in [2.75, 3.05) is 5.73 Å². The second kappa shape index (κ2) is 7.70. The van der Waals surface area contributed by atoms with Crippen molar-refractivity contribution < 1.29 is 31.0 Å². The quantitative estimate of drug-likeness (QED) is 0.167. The summed E-state index contributed by atoms with van der Waals surface area (Å²) < 4.78 is 64.6. The van der Waals surface area contributed by atoms with Gasteiger partial charge < -0.3 is 10.8 Å². The van der Waals surface area contributed by atoms with Crippen LogP contribution in [-0.2, 0) is 20.2 Å². The molecule has 143 valence electrons. The zero-order valence-electron chi connectivity index (χ0n) is 14.0. The van der Waals surface area contributed by atoms with E-state index in [4.69, 9.17) is 10.3 Å². The molecule has 0 unspecified atom stereocenters. The number of benzene rings is 2. The maximum atomic E-state index is 11.7. The summed E-state index contributed by atoms with van der Waals surface area (Å²) in [7, 11) is -9.58. The minimum atomic E-state index is -4.91. The number of nitrogen functional groups attached to an aromatic ring is 1. The topological polar surface area (TPSA) is 221 Å². The standard InChI is InChI=1S/C12H10N6O7S2.Na/c13-7-3-6(26(20,21)22)1-5-2-8(27(23,24)25)10(11(19)9(5)7)16-18-12-14-4-15-17-12;/h1-4,19H,13H2,(H,14,15,17)(H,20,21,22)(H,23,24,25);. The Morgan fingerprint density at radius 2 is 1.71 bits per heavy atom.